The smallest absolute Gasteiger partial charge is 0.406 e. The van der Waals surface area contributed by atoms with Gasteiger partial charge in [-0.05, 0) is 31.0 Å². The lowest BCUT2D eigenvalue weighted by Crippen LogP contribution is -2.38. The Hall–Kier alpha value is -2.55. The van der Waals surface area contributed by atoms with Crippen LogP contribution < -0.4 is 4.74 Å². The minimum absolute atomic E-state index is 0.0484. The van der Waals surface area contributed by atoms with E-state index in [1.165, 1.54) is 10.8 Å². The van der Waals surface area contributed by atoms with Crippen molar-refractivity contribution in [3.8, 4) is 5.75 Å². The summed E-state index contributed by atoms with van der Waals surface area (Å²) in [5, 5.41) is 8.73. The Morgan fingerprint density at radius 2 is 1.96 bits per heavy atom. The number of aromatic nitrogens is 4. The fraction of sp³-hybridized carbons (Fsp3) is 0.474. The summed E-state index contributed by atoms with van der Waals surface area (Å²) < 4.78 is 47.5. The molecular weight excluding hydrogens is 371 g/mol. The topological polar surface area (TPSA) is 48.1 Å². The Bertz CT molecular complexity index is 941. The zero-order valence-electron chi connectivity index (χ0n) is 15.6. The summed E-state index contributed by atoms with van der Waals surface area (Å²) in [7, 11) is 1.93. The van der Waals surface area contributed by atoms with Gasteiger partial charge in [0.2, 0.25) is 0 Å². The van der Waals surface area contributed by atoms with Gasteiger partial charge in [-0.1, -0.05) is 6.07 Å². The largest absolute Gasteiger partial charge is 0.490 e. The highest BCUT2D eigenvalue weighted by molar-refractivity contribution is 5.86. The molecule has 28 heavy (non-hydrogen) atoms. The van der Waals surface area contributed by atoms with Gasteiger partial charge < -0.3 is 13.9 Å². The zero-order chi connectivity index (χ0) is 19.7. The normalized spacial score (nSPS) is 16.7. The van der Waals surface area contributed by atoms with Gasteiger partial charge in [0.05, 0.1) is 12.1 Å². The maximum absolute atomic E-state index is 12.8. The molecule has 3 aromatic rings. The standard InChI is InChI=1S/C19H22F3N5O/c1-25-13-23-24-18(25)11-26-8-5-14(6-9-26)28-17-4-2-3-16-15(17)7-10-27(16)12-19(20,21)22/h2-4,7,10,13-14H,5-6,8-9,11-12H2,1H3. The molecule has 0 aliphatic carbocycles. The number of nitrogens with zero attached hydrogens (tertiary/aromatic N) is 5. The Kier molecular flexibility index (Phi) is 5.01. The zero-order valence-corrected chi connectivity index (χ0v) is 15.6. The van der Waals surface area contributed by atoms with Gasteiger partial charge in [-0.15, -0.1) is 10.2 Å². The van der Waals surface area contributed by atoms with Crippen LogP contribution in [0.4, 0.5) is 13.2 Å². The molecular formula is C19H22F3N5O. The minimum Gasteiger partial charge on any atom is -0.490 e. The van der Waals surface area contributed by atoms with Crippen molar-refractivity contribution < 1.29 is 17.9 Å². The Balaban J connectivity index is 1.40. The predicted molar refractivity (Wildman–Crippen MR) is 97.9 cm³/mol. The molecule has 1 aliphatic heterocycles. The van der Waals surface area contributed by atoms with Crippen molar-refractivity contribution in [1.82, 2.24) is 24.2 Å². The molecule has 0 unspecified atom stereocenters. The number of ether oxygens (including phenoxy) is 1. The number of benzene rings is 1. The molecule has 2 aromatic heterocycles. The van der Waals surface area contributed by atoms with Crippen molar-refractivity contribution >= 4 is 10.9 Å². The second kappa shape index (κ2) is 7.46. The number of rotatable bonds is 5. The molecule has 6 nitrogen and oxygen atoms in total. The van der Waals surface area contributed by atoms with Gasteiger partial charge in [0.25, 0.3) is 0 Å². The van der Waals surface area contributed by atoms with Gasteiger partial charge in [0.15, 0.2) is 0 Å². The average molecular weight is 393 g/mol. The molecule has 1 saturated heterocycles. The molecule has 1 aromatic carbocycles. The lowest BCUT2D eigenvalue weighted by Gasteiger charge is -2.31. The van der Waals surface area contributed by atoms with Crippen LogP contribution in [0.5, 0.6) is 5.75 Å². The number of fused-ring (bicyclic) bond motifs is 1. The number of alkyl halides is 3. The van der Waals surface area contributed by atoms with Crippen LogP contribution in [0.25, 0.3) is 10.9 Å². The summed E-state index contributed by atoms with van der Waals surface area (Å²) in [5.41, 5.74) is 0.537. The lowest BCUT2D eigenvalue weighted by molar-refractivity contribution is -0.139. The number of hydrogen-bond acceptors (Lipinski definition) is 4. The van der Waals surface area contributed by atoms with Crippen LogP contribution in [0.15, 0.2) is 36.8 Å². The SMILES string of the molecule is Cn1cnnc1CN1CCC(Oc2cccc3c2ccn3CC(F)(F)F)CC1. The number of hydrogen-bond donors (Lipinski definition) is 0. The molecule has 0 bridgehead atoms. The van der Waals surface area contributed by atoms with Gasteiger partial charge in [-0.3, -0.25) is 4.90 Å². The lowest BCUT2D eigenvalue weighted by atomic mass is 10.1. The highest BCUT2D eigenvalue weighted by Gasteiger charge is 2.29. The first-order valence-electron chi connectivity index (χ1n) is 9.25. The molecule has 1 aliphatic rings. The van der Waals surface area contributed by atoms with Crippen molar-refractivity contribution in [2.75, 3.05) is 13.1 Å². The average Bonchev–Trinajstić information content (AvgIpc) is 3.23. The van der Waals surface area contributed by atoms with E-state index in [0.717, 1.165) is 38.3 Å². The number of halogens is 3. The van der Waals surface area contributed by atoms with E-state index in [1.807, 2.05) is 17.7 Å². The number of piperidine rings is 1. The van der Waals surface area contributed by atoms with Gasteiger partial charge in [0.1, 0.15) is 30.5 Å². The van der Waals surface area contributed by atoms with Crippen molar-refractivity contribution in [3.63, 3.8) is 0 Å². The molecule has 0 radical (unpaired) electrons. The maximum Gasteiger partial charge on any atom is 0.406 e. The molecule has 3 heterocycles. The van der Waals surface area contributed by atoms with E-state index in [1.54, 1.807) is 24.5 Å². The quantitative estimate of drug-likeness (QED) is 0.667. The highest BCUT2D eigenvalue weighted by Crippen LogP contribution is 2.31. The van der Waals surface area contributed by atoms with Crippen LogP contribution in [-0.2, 0) is 20.1 Å². The second-order valence-electron chi connectivity index (χ2n) is 7.20. The Morgan fingerprint density at radius 1 is 1.18 bits per heavy atom. The third-order valence-corrected chi connectivity index (χ3v) is 5.12. The Labute approximate surface area is 160 Å². The van der Waals surface area contributed by atoms with Gasteiger partial charge >= 0.3 is 6.18 Å². The monoisotopic (exact) mass is 393 g/mol. The van der Waals surface area contributed by atoms with E-state index in [2.05, 4.69) is 15.1 Å². The first kappa shape index (κ1) is 18.8. The first-order valence-corrected chi connectivity index (χ1v) is 9.25. The van der Waals surface area contributed by atoms with E-state index in [0.29, 0.717) is 16.7 Å². The van der Waals surface area contributed by atoms with Crippen LogP contribution in [0, 0.1) is 0 Å². The molecule has 0 spiro atoms. The molecule has 4 rings (SSSR count). The van der Waals surface area contributed by atoms with Crippen molar-refractivity contribution in [2.24, 2.45) is 7.05 Å². The summed E-state index contributed by atoms with van der Waals surface area (Å²) in [6, 6.07) is 6.96. The number of aryl methyl sites for hydroxylation is 1. The summed E-state index contributed by atoms with van der Waals surface area (Å²) in [4.78, 5) is 2.31. The molecule has 1 fully saturated rings. The van der Waals surface area contributed by atoms with Crippen LogP contribution >= 0.6 is 0 Å². The fourth-order valence-corrected chi connectivity index (χ4v) is 3.64. The van der Waals surface area contributed by atoms with Crippen molar-refractivity contribution in [3.05, 3.63) is 42.6 Å². The number of likely N-dealkylation sites (tertiary alicyclic amines) is 1. The third kappa shape index (κ3) is 4.14. The van der Waals surface area contributed by atoms with Crippen LogP contribution in [0.1, 0.15) is 18.7 Å². The molecule has 0 amide bonds. The maximum atomic E-state index is 12.8. The van der Waals surface area contributed by atoms with Crippen molar-refractivity contribution in [1.29, 1.82) is 0 Å². The van der Waals surface area contributed by atoms with Gasteiger partial charge in [-0.25, -0.2) is 0 Å². The van der Waals surface area contributed by atoms with E-state index in [-0.39, 0.29) is 6.10 Å². The van der Waals surface area contributed by atoms with Crippen LogP contribution in [0.3, 0.4) is 0 Å². The summed E-state index contributed by atoms with van der Waals surface area (Å²) >= 11 is 0. The highest BCUT2D eigenvalue weighted by atomic mass is 19.4. The molecule has 0 saturated carbocycles. The molecule has 0 atom stereocenters. The molecule has 0 N–H and O–H groups in total. The molecule has 9 heteroatoms. The van der Waals surface area contributed by atoms with Crippen LogP contribution in [0.2, 0.25) is 0 Å². The Morgan fingerprint density at radius 3 is 2.64 bits per heavy atom. The van der Waals surface area contributed by atoms with Crippen molar-refractivity contribution in [2.45, 2.75) is 38.2 Å². The third-order valence-electron chi connectivity index (χ3n) is 5.12. The van der Waals surface area contributed by atoms with E-state index in [9.17, 15) is 13.2 Å². The fourth-order valence-electron chi connectivity index (χ4n) is 3.64. The van der Waals surface area contributed by atoms with E-state index in [4.69, 9.17) is 4.74 Å². The molecule has 150 valence electrons. The minimum atomic E-state index is -4.25. The predicted octanol–water partition coefficient (Wildman–Crippen LogP) is 3.38. The van der Waals surface area contributed by atoms with E-state index < -0.39 is 12.7 Å². The summed E-state index contributed by atoms with van der Waals surface area (Å²) in [6.07, 6.45) is 0.672. The van der Waals surface area contributed by atoms with Gasteiger partial charge in [-0.2, -0.15) is 13.2 Å². The van der Waals surface area contributed by atoms with Crippen LogP contribution in [-0.4, -0.2) is 49.6 Å². The summed E-state index contributed by atoms with van der Waals surface area (Å²) in [5.74, 6) is 1.57. The summed E-state index contributed by atoms with van der Waals surface area (Å²) in [6.45, 7) is 1.50. The second-order valence-corrected chi connectivity index (χ2v) is 7.20. The first-order chi connectivity index (χ1) is 13.4. The van der Waals surface area contributed by atoms with Gasteiger partial charge in [0, 0.05) is 31.7 Å². The van der Waals surface area contributed by atoms with E-state index >= 15 is 0 Å².